The molecule has 2 aliphatic rings. The molecule has 30 heavy (non-hydrogen) atoms. The van der Waals surface area contributed by atoms with E-state index >= 15 is 0 Å². The molecular weight excluding hydrogens is 396 g/mol. The number of hydrogen-bond acceptors (Lipinski definition) is 3. The minimum absolute atomic E-state index is 0.0842. The van der Waals surface area contributed by atoms with Gasteiger partial charge in [-0.25, -0.2) is 8.42 Å². The summed E-state index contributed by atoms with van der Waals surface area (Å²) >= 11 is 0. The molecular formula is C24H28N2O3S. The van der Waals surface area contributed by atoms with Crippen molar-refractivity contribution in [3.63, 3.8) is 0 Å². The second-order valence-electron chi connectivity index (χ2n) is 8.02. The summed E-state index contributed by atoms with van der Waals surface area (Å²) in [5, 5.41) is 2.98. The van der Waals surface area contributed by atoms with Crippen LogP contribution in [0.25, 0.3) is 6.08 Å². The van der Waals surface area contributed by atoms with Gasteiger partial charge in [-0.2, -0.15) is 4.31 Å². The Bertz CT molecular complexity index is 1040. The fourth-order valence-corrected chi connectivity index (χ4v) is 5.68. The highest BCUT2D eigenvalue weighted by Crippen LogP contribution is 2.29. The van der Waals surface area contributed by atoms with Crippen molar-refractivity contribution in [1.29, 1.82) is 0 Å². The predicted octanol–water partition coefficient (Wildman–Crippen LogP) is 3.55. The first-order valence-electron chi connectivity index (χ1n) is 10.7. The van der Waals surface area contributed by atoms with Crippen molar-refractivity contribution in [3.05, 3.63) is 70.8 Å². The summed E-state index contributed by atoms with van der Waals surface area (Å²) in [4.78, 5) is 12.9. The molecule has 4 rings (SSSR count). The summed E-state index contributed by atoms with van der Waals surface area (Å²) in [6.45, 7) is 1.75. The fourth-order valence-electron chi connectivity index (χ4n) is 4.13. The summed E-state index contributed by atoms with van der Waals surface area (Å²) < 4.78 is 27.7. The Hall–Kier alpha value is -2.44. The Kier molecular flexibility index (Phi) is 6.35. The van der Waals surface area contributed by atoms with Crippen molar-refractivity contribution in [1.82, 2.24) is 9.62 Å². The highest BCUT2D eigenvalue weighted by atomic mass is 32.2. The van der Waals surface area contributed by atoms with Crippen molar-refractivity contribution in [2.24, 2.45) is 0 Å². The summed E-state index contributed by atoms with van der Waals surface area (Å²) in [5.41, 5.74) is 3.70. The van der Waals surface area contributed by atoms with Gasteiger partial charge in [-0.05, 0) is 54.2 Å². The Morgan fingerprint density at radius 2 is 1.70 bits per heavy atom. The average molecular weight is 425 g/mol. The molecule has 2 aromatic carbocycles. The van der Waals surface area contributed by atoms with Gasteiger partial charge in [0.2, 0.25) is 15.9 Å². The number of fused-ring (bicyclic) bond motifs is 1. The van der Waals surface area contributed by atoms with E-state index in [2.05, 4.69) is 5.32 Å². The quantitative estimate of drug-likeness (QED) is 0.771. The maximum atomic E-state index is 13.1. The zero-order chi connectivity index (χ0) is 21.0. The molecule has 1 N–H and O–H groups in total. The number of benzene rings is 2. The van der Waals surface area contributed by atoms with Crippen molar-refractivity contribution >= 4 is 22.0 Å². The van der Waals surface area contributed by atoms with Crippen LogP contribution in [0.15, 0.2) is 59.0 Å². The predicted molar refractivity (Wildman–Crippen MR) is 119 cm³/mol. The molecule has 0 bridgehead atoms. The minimum atomic E-state index is -3.49. The molecule has 0 aromatic heterocycles. The monoisotopic (exact) mass is 424 g/mol. The van der Waals surface area contributed by atoms with Crippen LogP contribution in [0, 0.1) is 0 Å². The molecule has 1 heterocycles. The third kappa shape index (κ3) is 4.65. The Morgan fingerprint density at radius 1 is 0.967 bits per heavy atom. The summed E-state index contributed by atoms with van der Waals surface area (Å²) in [6.07, 6.45) is 7.15. The highest BCUT2D eigenvalue weighted by Gasteiger charge is 2.27. The number of hydrogen-bond donors (Lipinski definition) is 1. The first-order chi connectivity index (χ1) is 14.5. The molecule has 0 saturated carbocycles. The van der Waals surface area contributed by atoms with Crippen LogP contribution in [-0.4, -0.2) is 38.3 Å². The third-order valence-electron chi connectivity index (χ3n) is 5.86. The smallest absolute Gasteiger partial charge is 0.247 e. The third-order valence-corrected chi connectivity index (χ3v) is 7.76. The number of rotatable bonds is 6. The molecule has 5 nitrogen and oxygen atoms in total. The maximum Gasteiger partial charge on any atom is 0.247 e. The van der Waals surface area contributed by atoms with Gasteiger partial charge in [0.25, 0.3) is 0 Å². The average Bonchev–Trinajstić information content (AvgIpc) is 2.98. The summed E-state index contributed by atoms with van der Waals surface area (Å²) in [5.74, 6) is -0.0842. The Balaban J connectivity index is 1.42. The first-order valence-corrected chi connectivity index (χ1v) is 12.1. The standard InChI is InChI=1S/C24H28N2O3S/c27-24(25-13-12-19-8-4-3-5-9-19)22-16-20-10-11-23(18-21(20)17-22)30(28,29)26-14-6-1-2-7-15-26/h3-5,8-11,17-18H,1-2,6-7,12-16H2,(H,25,27). The number of carbonyl (C=O) groups excluding carboxylic acids is 1. The van der Waals surface area contributed by atoms with Crippen LogP contribution in [0.2, 0.25) is 0 Å². The highest BCUT2D eigenvalue weighted by molar-refractivity contribution is 7.89. The van der Waals surface area contributed by atoms with Gasteiger partial charge in [-0.3, -0.25) is 4.79 Å². The number of nitrogens with zero attached hydrogens (tertiary/aromatic N) is 1. The van der Waals surface area contributed by atoms with Crippen LogP contribution in [0.3, 0.4) is 0 Å². The Labute approximate surface area is 178 Å². The van der Waals surface area contributed by atoms with Gasteiger partial charge in [0.1, 0.15) is 0 Å². The van der Waals surface area contributed by atoms with Gasteiger partial charge in [-0.1, -0.05) is 49.2 Å². The molecule has 1 aliphatic heterocycles. The molecule has 0 spiro atoms. The van der Waals surface area contributed by atoms with E-state index in [1.165, 1.54) is 5.56 Å². The molecule has 1 saturated heterocycles. The number of sulfonamides is 1. The molecule has 6 heteroatoms. The molecule has 1 fully saturated rings. The van der Waals surface area contributed by atoms with Gasteiger partial charge >= 0.3 is 0 Å². The van der Waals surface area contributed by atoms with Crippen LogP contribution < -0.4 is 5.32 Å². The topological polar surface area (TPSA) is 66.5 Å². The van der Waals surface area contributed by atoms with E-state index in [0.29, 0.717) is 36.5 Å². The van der Waals surface area contributed by atoms with Gasteiger partial charge in [0.15, 0.2) is 0 Å². The zero-order valence-electron chi connectivity index (χ0n) is 17.1. The lowest BCUT2D eigenvalue weighted by Gasteiger charge is -2.20. The van der Waals surface area contributed by atoms with E-state index in [-0.39, 0.29) is 5.91 Å². The maximum absolute atomic E-state index is 13.1. The van der Waals surface area contributed by atoms with Crippen molar-refractivity contribution in [2.75, 3.05) is 19.6 Å². The SMILES string of the molecule is O=C(NCCc1ccccc1)C1=Cc2cc(S(=O)(=O)N3CCCCCC3)ccc2C1. The van der Waals surface area contributed by atoms with E-state index in [0.717, 1.165) is 43.2 Å². The lowest BCUT2D eigenvalue weighted by molar-refractivity contribution is -0.117. The normalized spacial score (nSPS) is 17.1. The largest absolute Gasteiger partial charge is 0.352 e. The minimum Gasteiger partial charge on any atom is -0.352 e. The molecule has 0 unspecified atom stereocenters. The number of carbonyl (C=O) groups is 1. The zero-order valence-corrected chi connectivity index (χ0v) is 18.0. The molecule has 0 atom stereocenters. The van der Waals surface area contributed by atoms with Crippen molar-refractivity contribution in [3.8, 4) is 0 Å². The van der Waals surface area contributed by atoms with Gasteiger partial charge in [0, 0.05) is 31.6 Å². The van der Waals surface area contributed by atoms with Crippen LogP contribution in [0.1, 0.15) is 42.4 Å². The fraction of sp³-hybridized carbons (Fsp3) is 0.375. The van der Waals surface area contributed by atoms with Crippen LogP contribution in [0.5, 0.6) is 0 Å². The molecule has 1 amide bonds. The van der Waals surface area contributed by atoms with Gasteiger partial charge < -0.3 is 5.32 Å². The van der Waals surface area contributed by atoms with Crippen LogP contribution in [-0.2, 0) is 27.7 Å². The first kappa shape index (κ1) is 20.8. The van der Waals surface area contributed by atoms with E-state index in [4.69, 9.17) is 0 Å². The second-order valence-corrected chi connectivity index (χ2v) is 9.95. The lowest BCUT2D eigenvalue weighted by atomic mass is 10.1. The van der Waals surface area contributed by atoms with E-state index in [1.54, 1.807) is 16.4 Å². The second kappa shape index (κ2) is 9.14. The van der Waals surface area contributed by atoms with E-state index < -0.39 is 10.0 Å². The number of amides is 1. The number of nitrogens with one attached hydrogen (secondary N) is 1. The van der Waals surface area contributed by atoms with E-state index in [1.807, 2.05) is 42.5 Å². The van der Waals surface area contributed by atoms with Gasteiger partial charge in [-0.15, -0.1) is 0 Å². The van der Waals surface area contributed by atoms with E-state index in [9.17, 15) is 13.2 Å². The molecule has 2 aromatic rings. The molecule has 1 aliphatic carbocycles. The summed E-state index contributed by atoms with van der Waals surface area (Å²) in [7, 11) is -3.49. The Morgan fingerprint density at radius 3 is 2.43 bits per heavy atom. The summed E-state index contributed by atoms with van der Waals surface area (Å²) in [6, 6.07) is 15.3. The van der Waals surface area contributed by atoms with Crippen molar-refractivity contribution in [2.45, 2.75) is 43.4 Å². The molecule has 0 radical (unpaired) electrons. The lowest BCUT2D eigenvalue weighted by Crippen LogP contribution is -2.31. The van der Waals surface area contributed by atoms with Crippen LogP contribution >= 0.6 is 0 Å². The van der Waals surface area contributed by atoms with Crippen molar-refractivity contribution < 1.29 is 13.2 Å². The molecule has 158 valence electrons. The van der Waals surface area contributed by atoms with Crippen LogP contribution in [0.4, 0.5) is 0 Å². The van der Waals surface area contributed by atoms with Gasteiger partial charge in [0.05, 0.1) is 4.90 Å².